The molecule has 0 radical (unpaired) electrons. The lowest BCUT2D eigenvalue weighted by Gasteiger charge is -2.21. The fraction of sp³-hybridized carbons (Fsp3) is 0.207. The Bertz CT molecular complexity index is 1500. The van der Waals surface area contributed by atoms with E-state index >= 15 is 0 Å². The van der Waals surface area contributed by atoms with E-state index in [2.05, 4.69) is 16.1 Å². The van der Waals surface area contributed by atoms with Crippen molar-refractivity contribution in [2.75, 3.05) is 0 Å². The normalized spacial score (nSPS) is 16.0. The number of benzene rings is 4. The second-order valence-corrected chi connectivity index (χ2v) is 10.9. The third-order valence-electron chi connectivity index (χ3n) is 6.78. The highest BCUT2D eigenvalue weighted by atomic mass is 32.2. The van der Waals surface area contributed by atoms with Crippen LogP contribution in [0.1, 0.15) is 47.2 Å². The number of hydrogen-bond acceptors (Lipinski definition) is 4. The molecule has 5 rings (SSSR count). The van der Waals surface area contributed by atoms with Crippen molar-refractivity contribution < 1.29 is 13.2 Å². The quantitative estimate of drug-likeness (QED) is 0.332. The minimum Gasteiger partial charge on any atom is -0.349 e. The van der Waals surface area contributed by atoms with Gasteiger partial charge in [-0.3, -0.25) is 4.79 Å². The van der Waals surface area contributed by atoms with Gasteiger partial charge in [-0.05, 0) is 58.0 Å². The largest absolute Gasteiger partial charge is 0.349 e. The lowest BCUT2D eigenvalue weighted by atomic mass is 10.0. The van der Waals surface area contributed by atoms with Gasteiger partial charge in [0, 0.05) is 13.0 Å². The molecule has 0 saturated heterocycles. The van der Waals surface area contributed by atoms with Crippen molar-refractivity contribution in [3.63, 3.8) is 0 Å². The Morgan fingerprint density at radius 2 is 1.67 bits per heavy atom. The van der Waals surface area contributed by atoms with Crippen molar-refractivity contribution in [3.05, 3.63) is 113 Å². The molecule has 7 heteroatoms. The molecule has 0 aromatic heterocycles. The van der Waals surface area contributed by atoms with Gasteiger partial charge in [0.15, 0.2) is 0 Å². The Labute approximate surface area is 211 Å². The third-order valence-corrected chi connectivity index (χ3v) is 8.25. The first kappa shape index (κ1) is 24.2. The van der Waals surface area contributed by atoms with Crippen LogP contribution in [0.5, 0.6) is 0 Å². The summed E-state index contributed by atoms with van der Waals surface area (Å²) in [5.41, 5.74) is 9.89. The van der Waals surface area contributed by atoms with Crippen molar-refractivity contribution in [2.45, 2.75) is 42.8 Å². The predicted molar refractivity (Wildman–Crippen MR) is 142 cm³/mol. The van der Waals surface area contributed by atoms with Crippen molar-refractivity contribution in [2.24, 2.45) is 5.73 Å². The van der Waals surface area contributed by atoms with Crippen LogP contribution in [0.2, 0.25) is 0 Å². The number of fused-ring (bicyclic) bond motifs is 2. The maximum Gasteiger partial charge on any atom is 0.241 e. The van der Waals surface area contributed by atoms with Gasteiger partial charge in [0.1, 0.15) is 0 Å². The van der Waals surface area contributed by atoms with Gasteiger partial charge in [-0.25, -0.2) is 13.1 Å². The molecule has 4 aromatic rings. The Morgan fingerprint density at radius 3 is 2.44 bits per heavy atom. The zero-order valence-electron chi connectivity index (χ0n) is 19.9. The number of carbonyl (C=O) groups is 1. The van der Waals surface area contributed by atoms with Crippen molar-refractivity contribution in [3.8, 4) is 0 Å². The number of amides is 1. The topological polar surface area (TPSA) is 101 Å². The number of sulfonamides is 1. The Balaban J connectivity index is 1.36. The molecule has 6 nitrogen and oxygen atoms in total. The molecule has 4 aromatic carbocycles. The van der Waals surface area contributed by atoms with Gasteiger partial charge >= 0.3 is 0 Å². The van der Waals surface area contributed by atoms with Gasteiger partial charge in [0.05, 0.1) is 17.0 Å². The van der Waals surface area contributed by atoms with Gasteiger partial charge in [-0.1, -0.05) is 78.9 Å². The molecular weight excluding hydrogens is 470 g/mol. The summed E-state index contributed by atoms with van der Waals surface area (Å²) in [6.07, 6.45) is 1.68. The van der Waals surface area contributed by atoms with Crippen molar-refractivity contribution in [1.29, 1.82) is 0 Å². The molecule has 36 heavy (non-hydrogen) atoms. The monoisotopic (exact) mass is 499 g/mol. The van der Waals surface area contributed by atoms with Gasteiger partial charge in [-0.15, -0.1) is 0 Å². The molecule has 2 atom stereocenters. The number of aryl methyl sites for hydroxylation is 1. The molecule has 0 saturated carbocycles. The van der Waals surface area contributed by atoms with Gasteiger partial charge < -0.3 is 11.1 Å². The molecule has 0 fully saturated rings. The Kier molecular flexibility index (Phi) is 6.87. The van der Waals surface area contributed by atoms with E-state index < -0.39 is 16.1 Å². The molecular formula is C29H29N3O3S. The standard InChI is InChI=1S/C29H29N3O3S/c30-19-20-10-14-26-24(16-20)12-15-27(26)31-29(33)18-28(22-7-2-1-3-8-22)32-36(34,35)25-13-11-21-6-4-5-9-23(21)17-25/h1-11,13-14,16-17,27-28,32H,12,15,18-19,30H2,(H,31,33)/t27?,28-/m1/s1. The molecule has 0 bridgehead atoms. The fourth-order valence-corrected chi connectivity index (χ4v) is 6.15. The molecule has 1 amide bonds. The van der Waals surface area contributed by atoms with Crippen LogP contribution in [0.25, 0.3) is 10.8 Å². The molecule has 0 spiro atoms. The summed E-state index contributed by atoms with van der Waals surface area (Å²) in [5.74, 6) is -0.203. The maximum absolute atomic E-state index is 13.4. The minimum absolute atomic E-state index is 0.0104. The highest BCUT2D eigenvalue weighted by Crippen LogP contribution is 2.32. The number of nitrogens with one attached hydrogen (secondary N) is 2. The number of nitrogens with two attached hydrogens (primary N) is 1. The summed E-state index contributed by atoms with van der Waals surface area (Å²) in [4.78, 5) is 13.3. The zero-order chi connectivity index (χ0) is 25.1. The van der Waals surface area contributed by atoms with E-state index in [1.54, 1.807) is 18.2 Å². The number of carbonyl (C=O) groups excluding carboxylic acids is 1. The SMILES string of the molecule is NCc1ccc2c(c1)CCC2NC(=O)C[C@@H](NS(=O)(=O)c1ccc2ccccc2c1)c1ccccc1. The summed E-state index contributed by atoms with van der Waals surface area (Å²) in [7, 11) is -3.87. The molecule has 0 heterocycles. The average Bonchev–Trinajstić information content (AvgIpc) is 3.30. The second kappa shape index (κ2) is 10.2. The lowest BCUT2D eigenvalue weighted by Crippen LogP contribution is -2.35. The zero-order valence-corrected chi connectivity index (χ0v) is 20.7. The first-order valence-corrected chi connectivity index (χ1v) is 13.6. The van der Waals surface area contributed by atoms with Crippen LogP contribution in [-0.2, 0) is 27.8 Å². The van der Waals surface area contributed by atoms with Crippen LogP contribution in [-0.4, -0.2) is 14.3 Å². The summed E-state index contributed by atoms with van der Waals surface area (Å²) < 4.78 is 29.5. The molecule has 1 aliphatic carbocycles. The molecule has 4 N–H and O–H groups in total. The Hall–Kier alpha value is -3.52. The van der Waals surface area contributed by atoms with Gasteiger partial charge in [0.25, 0.3) is 0 Å². The molecule has 0 aliphatic heterocycles. The van der Waals surface area contributed by atoms with E-state index in [-0.39, 0.29) is 23.3 Å². The van der Waals surface area contributed by atoms with E-state index in [9.17, 15) is 13.2 Å². The van der Waals surface area contributed by atoms with Crippen LogP contribution in [0.4, 0.5) is 0 Å². The van der Waals surface area contributed by atoms with Crippen LogP contribution >= 0.6 is 0 Å². The van der Waals surface area contributed by atoms with Crippen LogP contribution in [0.15, 0.2) is 95.9 Å². The smallest absolute Gasteiger partial charge is 0.241 e. The fourth-order valence-electron chi connectivity index (χ4n) is 4.89. The first-order valence-electron chi connectivity index (χ1n) is 12.1. The predicted octanol–water partition coefficient (Wildman–Crippen LogP) is 4.51. The lowest BCUT2D eigenvalue weighted by molar-refractivity contribution is -0.122. The van der Waals surface area contributed by atoms with Crippen molar-refractivity contribution in [1.82, 2.24) is 10.0 Å². The van der Waals surface area contributed by atoms with E-state index in [0.29, 0.717) is 6.54 Å². The Morgan fingerprint density at radius 1 is 0.917 bits per heavy atom. The van der Waals surface area contributed by atoms with Crippen LogP contribution in [0, 0.1) is 0 Å². The maximum atomic E-state index is 13.4. The highest BCUT2D eigenvalue weighted by Gasteiger charge is 2.28. The molecule has 1 unspecified atom stereocenters. The third kappa shape index (κ3) is 5.18. The summed E-state index contributed by atoms with van der Waals surface area (Å²) in [6.45, 7) is 0.487. The molecule has 184 valence electrons. The van der Waals surface area contributed by atoms with Crippen LogP contribution < -0.4 is 15.8 Å². The van der Waals surface area contributed by atoms with E-state index in [0.717, 1.165) is 40.3 Å². The number of rotatable bonds is 8. The van der Waals surface area contributed by atoms with Crippen molar-refractivity contribution >= 4 is 26.7 Å². The van der Waals surface area contributed by atoms with Gasteiger partial charge in [0.2, 0.25) is 15.9 Å². The summed E-state index contributed by atoms with van der Waals surface area (Å²) >= 11 is 0. The van der Waals surface area contributed by atoms with E-state index in [1.165, 1.54) is 5.56 Å². The summed E-state index contributed by atoms with van der Waals surface area (Å²) in [6, 6.07) is 27.2. The second-order valence-electron chi connectivity index (χ2n) is 9.19. The first-order chi connectivity index (χ1) is 17.4. The molecule has 1 aliphatic rings. The average molecular weight is 500 g/mol. The van der Waals surface area contributed by atoms with E-state index in [4.69, 9.17) is 5.73 Å². The summed E-state index contributed by atoms with van der Waals surface area (Å²) in [5, 5.41) is 4.92. The minimum atomic E-state index is -3.87. The highest BCUT2D eigenvalue weighted by molar-refractivity contribution is 7.89. The van der Waals surface area contributed by atoms with E-state index in [1.807, 2.05) is 66.7 Å². The van der Waals surface area contributed by atoms with Crippen LogP contribution in [0.3, 0.4) is 0 Å². The number of hydrogen-bond donors (Lipinski definition) is 3. The van der Waals surface area contributed by atoms with Gasteiger partial charge in [-0.2, -0.15) is 0 Å².